The van der Waals surface area contributed by atoms with Crippen LogP contribution in [0.15, 0.2) is 28.9 Å². The minimum atomic E-state index is -0.209. The Kier molecular flexibility index (Phi) is 2.52. The van der Waals surface area contributed by atoms with E-state index >= 15 is 0 Å². The molecule has 0 spiro atoms. The molecule has 0 saturated carbocycles. The van der Waals surface area contributed by atoms with E-state index in [-0.39, 0.29) is 5.82 Å². The smallest absolute Gasteiger partial charge is 0.157 e. The minimum absolute atomic E-state index is 0.209. The number of rotatable bonds is 1. The van der Waals surface area contributed by atoms with Crippen molar-refractivity contribution < 1.29 is 8.81 Å². The highest BCUT2D eigenvalue weighted by Gasteiger charge is 2.21. The van der Waals surface area contributed by atoms with Gasteiger partial charge in [0.25, 0.3) is 0 Å². The summed E-state index contributed by atoms with van der Waals surface area (Å²) in [5, 5.41) is 4.15. The molecular weight excluding hydrogens is 219 g/mol. The van der Waals surface area contributed by atoms with Crippen LogP contribution in [0.25, 0.3) is 11.0 Å². The Balaban J connectivity index is 2.11. The highest BCUT2D eigenvalue weighted by atomic mass is 19.1. The lowest BCUT2D eigenvalue weighted by atomic mass is 10.1. The van der Waals surface area contributed by atoms with Crippen LogP contribution >= 0.6 is 0 Å². The second-order valence-electron chi connectivity index (χ2n) is 4.51. The van der Waals surface area contributed by atoms with Gasteiger partial charge in [0.15, 0.2) is 5.58 Å². The lowest BCUT2D eigenvalue weighted by Gasteiger charge is -2.35. The van der Waals surface area contributed by atoms with Crippen molar-refractivity contribution in [3.63, 3.8) is 0 Å². The molecule has 90 valence electrons. The van der Waals surface area contributed by atoms with E-state index < -0.39 is 0 Å². The molecule has 0 unspecified atom stereocenters. The van der Waals surface area contributed by atoms with Gasteiger partial charge in [-0.2, -0.15) is 0 Å². The summed E-state index contributed by atoms with van der Waals surface area (Å²) in [6.45, 7) is 4.84. The summed E-state index contributed by atoms with van der Waals surface area (Å²) >= 11 is 0. The van der Waals surface area contributed by atoms with E-state index in [0.717, 1.165) is 36.3 Å². The fraction of sp³-hybridized carbons (Fsp3) is 0.385. The van der Waals surface area contributed by atoms with E-state index in [1.165, 1.54) is 6.07 Å². The van der Waals surface area contributed by atoms with Gasteiger partial charge in [-0.15, -0.1) is 0 Å². The van der Waals surface area contributed by atoms with Gasteiger partial charge in [0.05, 0.1) is 12.0 Å². The number of nitrogens with one attached hydrogen (secondary N) is 1. The molecule has 0 radical (unpaired) electrons. The van der Waals surface area contributed by atoms with E-state index in [9.17, 15) is 4.39 Å². The van der Waals surface area contributed by atoms with Gasteiger partial charge in [0.1, 0.15) is 5.82 Å². The van der Waals surface area contributed by atoms with Crippen molar-refractivity contribution in [3.8, 4) is 0 Å². The number of halogens is 1. The van der Waals surface area contributed by atoms with Crippen LogP contribution in [0.2, 0.25) is 0 Å². The topological polar surface area (TPSA) is 28.4 Å². The number of nitrogens with zero attached hydrogens (tertiary/aromatic N) is 1. The number of furan rings is 1. The predicted octanol–water partition coefficient (Wildman–Crippen LogP) is 2.37. The third-order valence-electron chi connectivity index (χ3n) is 3.31. The van der Waals surface area contributed by atoms with Crippen LogP contribution in [0.3, 0.4) is 0 Å². The first kappa shape index (κ1) is 10.6. The monoisotopic (exact) mass is 234 g/mol. The third-order valence-corrected chi connectivity index (χ3v) is 3.31. The largest absolute Gasteiger partial charge is 0.462 e. The van der Waals surface area contributed by atoms with Gasteiger partial charge in [-0.25, -0.2) is 4.39 Å². The molecule has 0 amide bonds. The molecule has 3 nitrogen and oxygen atoms in total. The number of fused-ring (bicyclic) bond motifs is 1. The van der Waals surface area contributed by atoms with Crippen molar-refractivity contribution in [1.82, 2.24) is 5.32 Å². The zero-order chi connectivity index (χ0) is 11.8. The molecule has 1 aliphatic heterocycles. The van der Waals surface area contributed by atoms with Crippen LogP contribution in [0, 0.1) is 5.82 Å². The van der Waals surface area contributed by atoms with Gasteiger partial charge in [-0.3, -0.25) is 0 Å². The number of piperazine rings is 1. The summed E-state index contributed by atoms with van der Waals surface area (Å²) in [6, 6.07) is 5.22. The van der Waals surface area contributed by atoms with Crippen LogP contribution in [0.4, 0.5) is 10.1 Å². The Bertz CT molecular complexity index is 537. The summed E-state index contributed by atoms with van der Waals surface area (Å²) in [4.78, 5) is 2.20. The van der Waals surface area contributed by atoms with Crippen LogP contribution in [-0.2, 0) is 0 Å². The molecule has 0 bridgehead atoms. The van der Waals surface area contributed by atoms with Gasteiger partial charge < -0.3 is 14.6 Å². The van der Waals surface area contributed by atoms with Gasteiger partial charge in [0, 0.05) is 37.1 Å². The maximum Gasteiger partial charge on any atom is 0.157 e. The Morgan fingerprint density at radius 2 is 2.35 bits per heavy atom. The van der Waals surface area contributed by atoms with Crippen LogP contribution in [-0.4, -0.2) is 25.7 Å². The summed E-state index contributed by atoms with van der Waals surface area (Å²) in [5.74, 6) is -0.209. The van der Waals surface area contributed by atoms with Gasteiger partial charge in [0.2, 0.25) is 0 Å². The third kappa shape index (κ3) is 1.78. The number of anilines is 1. The molecule has 1 atom stereocenters. The molecule has 1 aliphatic rings. The summed E-state index contributed by atoms with van der Waals surface area (Å²) < 4.78 is 19.0. The molecule has 17 heavy (non-hydrogen) atoms. The van der Waals surface area contributed by atoms with Crippen molar-refractivity contribution in [1.29, 1.82) is 0 Å². The van der Waals surface area contributed by atoms with Crippen LogP contribution in [0.5, 0.6) is 0 Å². The average molecular weight is 234 g/mol. The maximum absolute atomic E-state index is 13.6. The molecule has 0 aliphatic carbocycles. The molecule has 1 saturated heterocycles. The standard InChI is InChI=1S/C13H15FN2O/c1-9-8-15-3-4-16(9)12-7-11(14)6-10-2-5-17-13(10)12/h2,5-7,9,15H,3-4,8H2,1H3/t9-/m1/s1. The normalized spacial score (nSPS) is 21.1. The highest BCUT2D eigenvalue weighted by molar-refractivity contribution is 5.89. The van der Waals surface area contributed by atoms with Gasteiger partial charge in [-0.1, -0.05) is 0 Å². The fourth-order valence-electron chi connectivity index (χ4n) is 2.44. The summed E-state index contributed by atoms with van der Waals surface area (Å²) in [6.07, 6.45) is 1.61. The maximum atomic E-state index is 13.6. The zero-order valence-electron chi connectivity index (χ0n) is 9.74. The first-order chi connectivity index (χ1) is 8.25. The number of hydrogen-bond donors (Lipinski definition) is 1. The van der Waals surface area contributed by atoms with Crippen molar-refractivity contribution in [3.05, 3.63) is 30.3 Å². The molecular formula is C13H15FN2O. The predicted molar refractivity (Wildman–Crippen MR) is 65.8 cm³/mol. The van der Waals surface area contributed by atoms with E-state index in [2.05, 4.69) is 17.1 Å². The molecule has 1 fully saturated rings. The molecule has 1 N–H and O–H groups in total. The van der Waals surface area contributed by atoms with Crippen LogP contribution in [0.1, 0.15) is 6.92 Å². The van der Waals surface area contributed by atoms with Crippen molar-refractivity contribution in [2.24, 2.45) is 0 Å². The van der Waals surface area contributed by atoms with E-state index in [4.69, 9.17) is 4.42 Å². The number of benzene rings is 1. The molecule has 2 aromatic rings. The SMILES string of the molecule is C[C@@H]1CNCCN1c1cc(F)cc2ccoc12. The summed E-state index contributed by atoms with van der Waals surface area (Å²) in [5.41, 5.74) is 1.64. The Morgan fingerprint density at radius 1 is 1.47 bits per heavy atom. The van der Waals surface area contributed by atoms with Crippen molar-refractivity contribution in [2.75, 3.05) is 24.5 Å². The molecule has 3 rings (SSSR count). The molecule has 2 heterocycles. The first-order valence-corrected chi connectivity index (χ1v) is 5.90. The summed E-state index contributed by atoms with van der Waals surface area (Å²) in [7, 11) is 0. The van der Waals surface area contributed by atoms with E-state index in [1.54, 1.807) is 18.4 Å². The van der Waals surface area contributed by atoms with E-state index in [1.807, 2.05) is 0 Å². The molecule has 1 aromatic carbocycles. The lowest BCUT2D eigenvalue weighted by molar-refractivity contribution is 0.497. The molecule has 4 heteroatoms. The van der Waals surface area contributed by atoms with E-state index in [0.29, 0.717) is 6.04 Å². The van der Waals surface area contributed by atoms with Gasteiger partial charge >= 0.3 is 0 Å². The Morgan fingerprint density at radius 3 is 3.18 bits per heavy atom. The van der Waals surface area contributed by atoms with Crippen molar-refractivity contribution in [2.45, 2.75) is 13.0 Å². The molecule has 1 aromatic heterocycles. The quantitative estimate of drug-likeness (QED) is 0.821. The van der Waals surface area contributed by atoms with Crippen LogP contribution < -0.4 is 10.2 Å². The Hall–Kier alpha value is -1.55. The number of hydrogen-bond acceptors (Lipinski definition) is 3. The Labute approximate surface area is 99.2 Å². The average Bonchev–Trinajstić information content (AvgIpc) is 2.76. The highest BCUT2D eigenvalue weighted by Crippen LogP contribution is 2.30. The second kappa shape index (κ2) is 4.04. The van der Waals surface area contributed by atoms with Gasteiger partial charge in [-0.05, 0) is 19.1 Å². The zero-order valence-corrected chi connectivity index (χ0v) is 9.74. The first-order valence-electron chi connectivity index (χ1n) is 5.90. The minimum Gasteiger partial charge on any atom is -0.462 e. The lowest BCUT2D eigenvalue weighted by Crippen LogP contribution is -2.50. The second-order valence-corrected chi connectivity index (χ2v) is 4.51. The fourth-order valence-corrected chi connectivity index (χ4v) is 2.44. The van der Waals surface area contributed by atoms with Crippen molar-refractivity contribution >= 4 is 16.7 Å².